The van der Waals surface area contributed by atoms with Crippen LogP contribution in [0.25, 0.3) is 0 Å². The molecule has 1 aliphatic heterocycles. The van der Waals surface area contributed by atoms with Crippen LogP contribution in [0.3, 0.4) is 0 Å². The summed E-state index contributed by atoms with van der Waals surface area (Å²) in [5.74, 6) is -4.29. The van der Waals surface area contributed by atoms with E-state index in [0.717, 1.165) is 0 Å². The first-order valence-electron chi connectivity index (χ1n) is 13.3. The molecule has 1 aromatic carbocycles. The number of carbonyl (C=O) groups excluding carboxylic acids is 5. The maximum absolute atomic E-state index is 12.8. The number of carboxylic acids is 1. The number of carbonyl (C=O) groups is 6. The number of fused-ring (bicyclic) bond motifs is 2. The minimum Gasteiger partial charge on any atom is -0.481 e. The number of hydrogen-bond acceptors (Lipinski definition) is 7. The molecule has 1 heterocycles. The van der Waals surface area contributed by atoms with Gasteiger partial charge in [-0.3, -0.25) is 33.8 Å². The molecule has 1 unspecified atom stereocenters. The number of hydrogen-bond donors (Lipinski definition) is 8. The van der Waals surface area contributed by atoms with Gasteiger partial charge in [-0.1, -0.05) is 18.6 Å². The average Bonchev–Trinajstić information content (AvgIpc) is 2.92. The Bertz CT molecular complexity index is 1140. The van der Waals surface area contributed by atoms with E-state index in [1.165, 1.54) is 0 Å². The summed E-state index contributed by atoms with van der Waals surface area (Å²) in [5.41, 5.74) is 11.6. The Morgan fingerprint density at radius 3 is 2.34 bits per heavy atom. The van der Waals surface area contributed by atoms with Crippen molar-refractivity contribution in [1.29, 1.82) is 0 Å². The number of rotatable bonds is 6. The fraction of sp³-hybridized carbons (Fsp3) is 0.500. The number of nitrogens with zero attached hydrogens (tertiary/aromatic N) is 1. The minimum atomic E-state index is -1.42. The van der Waals surface area contributed by atoms with Gasteiger partial charge in [-0.2, -0.15) is 0 Å². The van der Waals surface area contributed by atoms with Crippen molar-refractivity contribution in [3.8, 4) is 0 Å². The molecule has 0 saturated carbocycles. The van der Waals surface area contributed by atoms with Gasteiger partial charge in [0.05, 0.1) is 13.0 Å². The van der Waals surface area contributed by atoms with Crippen molar-refractivity contribution < 1.29 is 33.9 Å². The number of nitrogens with one attached hydrogen (secondary N) is 5. The van der Waals surface area contributed by atoms with Gasteiger partial charge in [0, 0.05) is 31.6 Å². The molecule has 2 atom stereocenters. The molecule has 0 fully saturated rings. The maximum Gasteiger partial charge on any atom is 0.305 e. The summed E-state index contributed by atoms with van der Waals surface area (Å²) in [4.78, 5) is 78.3. The molecule has 0 aromatic heterocycles. The van der Waals surface area contributed by atoms with Crippen LogP contribution in [0.1, 0.15) is 60.9 Å². The molecular weight excluding hydrogens is 536 g/mol. The maximum atomic E-state index is 12.8. The smallest absolute Gasteiger partial charge is 0.305 e. The van der Waals surface area contributed by atoms with E-state index in [9.17, 15) is 33.9 Å². The van der Waals surface area contributed by atoms with Crippen LogP contribution in [-0.4, -0.2) is 78.3 Å². The summed E-state index contributed by atoms with van der Waals surface area (Å²) in [6, 6.07) is 4.17. The van der Waals surface area contributed by atoms with Gasteiger partial charge in [0.15, 0.2) is 5.96 Å². The van der Waals surface area contributed by atoms with Crippen molar-refractivity contribution in [1.82, 2.24) is 26.6 Å². The summed E-state index contributed by atoms with van der Waals surface area (Å²) >= 11 is 0. The van der Waals surface area contributed by atoms with Crippen LogP contribution in [-0.2, 0) is 30.5 Å². The second-order valence-electron chi connectivity index (χ2n) is 9.49. The molecule has 41 heavy (non-hydrogen) atoms. The molecule has 10 N–H and O–H groups in total. The molecule has 0 spiro atoms. The average molecular weight is 575 g/mol. The van der Waals surface area contributed by atoms with Crippen LogP contribution in [0.15, 0.2) is 29.3 Å². The SMILES string of the molecule is NC(N)=NCCCC1NC(=O)CCCCCNC(=O)c2cccc(c2)CNC(=O)[C@H](CC(=O)O)NC(=O)CNC1=O. The van der Waals surface area contributed by atoms with E-state index in [2.05, 4.69) is 31.6 Å². The summed E-state index contributed by atoms with van der Waals surface area (Å²) in [7, 11) is 0. The van der Waals surface area contributed by atoms with E-state index >= 15 is 0 Å². The Labute approximate surface area is 237 Å². The van der Waals surface area contributed by atoms with E-state index in [-0.39, 0.29) is 43.7 Å². The van der Waals surface area contributed by atoms with E-state index in [1.54, 1.807) is 24.3 Å². The number of amides is 5. The molecule has 5 amide bonds. The molecule has 1 aliphatic rings. The lowest BCUT2D eigenvalue weighted by molar-refractivity contribution is -0.140. The predicted molar refractivity (Wildman–Crippen MR) is 148 cm³/mol. The second-order valence-corrected chi connectivity index (χ2v) is 9.49. The first-order valence-corrected chi connectivity index (χ1v) is 13.3. The molecular formula is C26H38N8O7. The van der Waals surface area contributed by atoms with Crippen LogP contribution >= 0.6 is 0 Å². The number of guanidine groups is 1. The van der Waals surface area contributed by atoms with Gasteiger partial charge in [0.1, 0.15) is 12.1 Å². The van der Waals surface area contributed by atoms with Crippen LogP contribution < -0.4 is 38.1 Å². The van der Waals surface area contributed by atoms with Gasteiger partial charge in [-0.15, -0.1) is 0 Å². The number of aliphatic imine (C=N–C) groups is 1. The predicted octanol–water partition coefficient (Wildman–Crippen LogP) is -1.78. The lowest BCUT2D eigenvalue weighted by Gasteiger charge is -2.20. The van der Waals surface area contributed by atoms with Crippen LogP contribution in [0.5, 0.6) is 0 Å². The standard InChI is InChI=1S/C26H38N8O7/c27-26(28)30-11-5-8-18-24(40)32-15-21(36)34-19(13-22(37)38)25(41)31-14-16-6-4-7-17(12-16)23(39)29-10-3-1-2-9-20(35)33-18/h4,6-7,12,18-19H,1-3,5,8-11,13-15H2,(H,29,39)(H,31,41)(H,32,40)(H,33,35)(H,34,36)(H,37,38)(H4,27,28,30)/t18?,19-/m0/s1. The van der Waals surface area contributed by atoms with Gasteiger partial charge in [-0.05, 0) is 43.4 Å². The van der Waals surface area contributed by atoms with E-state index < -0.39 is 48.7 Å². The summed E-state index contributed by atoms with van der Waals surface area (Å²) in [5, 5.41) is 22.0. The number of carboxylic acid groups (broad SMARTS) is 1. The highest BCUT2D eigenvalue weighted by Gasteiger charge is 2.25. The normalized spacial score (nSPS) is 20.0. The number of benzene rings is 1. The van der Waals surface area contributed by atoms with Gasteiger partial charge in [0.25, 0.3) is 5.91 Å². The fourth-order valence-electron chi connectivity index (χ4n) is 3.98. The van der Waals surface area contributed by atoms with E-state index in [1.807, 2.05) is 0 Å². The number of nitrogens with two attached hydrogens (primary N) is 2. The van der Waals surface area contributed by atoms with Crippen molar-refractivity contribution in [3.63, 3.8) is 0 Å². The Kier molecular flexibility index (Phi) is 13.6. The van der Waals surface area contributed by atoms with Crippen molar-refractivity contribution in [3.05, 3.63) is 35.4 Å². The quantitative estimate of drug-likeness (QED) is 0.108. The molecule has 0 saturated heterocycles. The highest BCUT2D eigenvalue weighted by Crippen LogP contribution is 2.07. The topological polar surface area (TPSA) is 247 Å². The first kappa shape index (κ1) is 32.5. The molecule has 2 bridgehead atoms. The molecule has 15 nitrogen and oxygen atoms in total. The third-order valence-corrected chi connectivity index (χ3v) is 6.07. The number of aliphatic carboxylic acids is 1. The molecule has 15 heteroatoms. The molecule has 224 valence electrons. The Balaban J connectivity index is 2.16. The zero-order valence-corrected chi connectivity index (χ0v) is 22.7. The monoisotopic (exact) mass is 574 g/mol. The van der Waals surface area contributed by atoms with Gasteiger partial charge < -0.3 is 43.2 Å². The molecule has 0 radical (unpaired) electrons. The Hall–Kier alpha value is -4.69. The van der Waals surface area contributed by atoms with E-state index in [4.69, 9.17) is 11.5 Å². The van der Waals surface area contributed by atoms with Crippen molar-refractivity contribution >= 4 is 41.5 Å². The van der Waals surface area contributed by atoms with E-state index in [0.29, 0.717) is 43.4 Å². The highest BCUT2D eigenvalue weighted by atomic mass is 16.4. The third kappa shape index (κ3) is 12.8. The van der Waals surface area contributed by atoms with Crippen molar-refractivity contribution in [2.45, 2.75) is 63.6 Å². The highest BCUT2D eigenvalue weighted by molar-refractivity contribution is 5.95. The van der Waals surface area contributed by atoms with Crippen molar-refractivity contribution in [2.24, 2.45) is 16.5 Å². The summed E-state index contributed by atoms with van der Waals surface area (Å²) in [6.45, 7) is 0.0567. The lowest BCUT2D eigenvalue weighted by Crippen LogP contribution is -2.52. The molecule has 0 aliphatic carbocycles. The molecule has 1 aromatic rings. The Morgan fingerprint density at radius 1 is 0.902 bits per heavy atom. The fourth-order valence-corrected chi connectivity index (χ4v) is 3.98. The van der Waals surface area contributed by atoms with Crippen molar-refractivity contribution in [2.75, 3.05) is 19.6 Å². The molecule has 2 rings (SSSR count). The summed E-state index contributed by atoms with van der Waals surface area (Å²) < 4.78 is 0. The zero-order valence-electron chi connectivity index (χ0n) is 22.7. The van der Waals surface area contributed by atoms with Gasteiger partial charge in [0.2, 0.25) is 23.6 Å². The first-order chi connectivity index (χ1) is 19.5. The van der Waals surface area contributed by atoms with Gasteiger partial charge in [-0.25, -0.2) is 0 Å². The van der Waals surface area contributed by atoms with Crippen LogP contribution in [0.2, 0.25) is 0 Å². The minimum absolute atomic E-state index is 0.0100. The largest absolute Gasteiger partial charge is 0.481 e. The van der Waals surface area contributed by atoms with Crippen LogP contribution in [0, 0.1) is 0 Å². The second kappa shape index (κ2) is 17.1. The Morgan fingerprint density at radius 2 is 1.61 bits per heavy atom. The van der Waals surface area contributed by atoms with Gasteiger partial charge >= 0.3 is 5.97 Å². The summed E-state index contributed by atoms with van der Waals surface area (Å²) in [6.07, 6.45) is 1.84. The third-order valence-electron chi connectivity index (χ3n) is 6.07. The van der Waals surface area contributed by atoms with Crippen LogP contribution in [0.4, 0.5) is 0 Å². The lowest BCUT2D eigenvalue weighted by atomic mass is 10.1. The zero-order chi connectivity index (χ0) is 30.2.